The summed E-state index contributed by atoms with van der Waals surface area (Å²) in [6, 6.07) is 6.41. The fraction of sp³-hybridized carbons (Fsp3) is 0.571. The van der Waals surface area contributed by atoms with Crippen molar-refractivity contribution >= 4 is 31.9 Å². The number of benzene rings is 1. The minimum absolute atomic E-state index is 0.0682. The van der Waals surface area contributed by atoms with E-state index in [9.17, 15) is 0 Å². The van der Waals surface area contributed by atoms with E-state index in [1.54, 1.807) is 7.11 Å². The second-order valence-corrected chi connectivity index (χ2v) is 6.74. The van der Waals surface area contributed by atoms with Gasteiger partial charge in [0.25, 0.3) is 0 Å². The van der Waals surface area contributed by atoms with Gasteiger partial charge >= 0.3 is 0 Å². The molecule has 0 aromatic heterocycles. The molecule has 0 aliphatic carbocycles. The van der Waals surface area contributed by atoms with Crippen LogP contribution >= 0.6 is 31.9 Å². The SMILES string of the molecule is COCC(Oc1cc(Br)cc(Br)c1)C1CCCN1C. The Kier molecular flexibility index (Phi) is 5.69. The molecule has 1 heterocycles. The molecular weight excluding hydrogens is 374 g/mol. The number of methoxy groups -OCH3 is 1. The van der Waals surface area contributed by atoms with E-state index >= 15 is 0 Å². The zero-order valence-corrected chi connectivity index (χ0v) is 14.4. The third kappa shape index (κ3) is 4.18. The van der Waals surface area contributed by atoms with Crippen LogP contribution in [-0.4, -0.2) is 44.4 Å². The topological polar surface area (TPSA) is 21.7 Å². The second-order valence-electron chi connectivity index (χ2n) is 4.91. The Bertz CT molecular complexity index is 408. The van der Waals surface area contributed by atoms with Gasteiger partial charge in [0, 0.05) is 22.1 Å². The lowest BCUT2D eigenvalue weighted by Gasteiger charge is -2.29. The van der Waals surface area contributed by atoms with Gasteiger partial charge < -0.3 is 9.47 Å². The van der Waals surface area contributed by atoms with Crippen LogP contribution in [0.5, 0.6) is 5.75 Å². The quantitative estimate of drug-likeness (QED) is 0.762. The summed E-state index contributed by atoms with van der Waals surface area (Å²) in [5.41, 5.74) is 0. The van der Waals surface area contributed by atoms with E-state index in [2.05, 4.69) is 43.8 Å². The molecule has 0 radical (unpaired) electrons. The number of rotatable bonds is 5. The molecule has 1 aromatic rings. The first-order valence-electron chi connectivity index (χ1n) is 6.42. The number of ether oxygens (including phenoxy) is 2. The van der Waals surface area contributed by atoms with Crippen LogP contribution in [0.4, 0.5) is 0 Å². The van der Waals surface area contributed by atoms with Gasteiger partial charge in [-0.2, -0.15) is 0 Å². The van der Waals surface area contributed by atoms with E-state index in [0.717, 1.165) is 21.2 Å². The van der Waals surface area contributed by atoms with Crippen molar-refractivity contribution in [2.45, 2.75) is 25.0 Å². The molecular formula is C14H19Br2NO2. The standard InChI is InChI=1S/C14H19Br2NO2/c1-17-5-3-4-13(17)14(9-18-2)19-12-7-10(15)6-11(16)8-12/h6-8,13-14H,3-5,9H2,1-2H3. The molecule has 106 valence electrons. The summed E-state index contributed by atoms with van der Waals surface area (Å²) in [5.74, 6) is 0.864. The van der Waals surface area contributed by atoms with E-state index in [4.69, 9.17) is 9.47 Å². The molecule has 0 bridgehead atoms. The maximum absolute atomic E-state index is 6.14. The number of nitrogens with zero attached hydrogens (tertiary/aromatic N) is 1. The van der Waals surface area contributed by atoms with Crippen molar-refractivity contribution < 1.29 is 9.47 Å². The summed E-state index contributed by atoms with van der Waals surface area (Å²) in [5, 5.41) is 0. The van der Waals surface area contributed by atoms with Gasteiger partial charge in [-0.3, -0.25) is 4.90 Å². The number of halogens is 2. The van der Waals surface area contributed by atoms with Crippen LogP contribution in [0.3, 0.4) is 0 Å². The largest absolute Gasteiger partial charge is 0.486 e. The van der Waals surface area contributed by atoms with Gasteiger partial charge in [-0.25, -0.2) is 0 Å². The van der Waals surface area contributed by atoms with Crippen molar-refractivity contribution in [1.29, 1.82) is 0 Å². The molecule has 1 saturated heterocycles. The first kappa shape index (κ1) is 15.3. The third-order valence-corrected chi connectivity index (χ3v) is 4.38. The molecule has 2 unspecified atom stereocenters. The lowest BCUT2D eigenvalue weighted by molar-refractivity contribution is 0.0331. The highest BCUT2D eigenvalue weighted by Gasteiger charge is 2.30. The summed E-state index contributed by atoms with van der Waals surface area (Å²) in [7, 11) is 3.88. The molecule has 1 aliphatic heterocycles. The maximum Gasteiger partial charge on any atom is 0.137 e. The first-order valence-corrected chi connectivity index (χ1v) is 8.00. The lowest BCUT2D eigenvalue weighted by Crippen LogP contribution is -2.42. The molecule has 0 N–H and O–H groups in total. The maximum atomic E-state index is 6.14. The van der Waals surface area contributed by atoms with Crippen LogP contribution in [0.2, 0.25) is 0 Å². The molecule has 19 heavy (non-hydrogen) atoms. The Hall–Kier alpha value is -0.100. The summed E-state index contributed by atoms with van der Waals surface area (Å²) >= 11 is 6.97. The highest BCUT2D eigenvalue weighted by molar-refractivity contribution is 9.11. The van der Waals surface area contributed by atoms with E-state index < -0.39 is 0 Å². The zero-order chi connectivity index (χ0) is 13.8. The van der Waals surface area contributed by atoms with E-state index in [1.807, 2.05) is 18.2 Å². The molecule has 1 fully saturated rings. The molecule has 1 aliphatic rings. The van der Waals surface area contributed by atoms with Crippen LogP contribution < -0.4 is 4.74 Å². The number of hydrogen-bond acceptors (Lipinski definition) is 3. The van der Waals surface area contributed by atoms with E-state index in [-0.39, 0.29) is 6.10 Å². The van der Waals surface area contributed by atoms with Gasteiger partial charge in [0.15, 0.2) is 0 Å². The van der Waals surface area contributed by atoms with Gasteiger partial charge in [0.05, 0.1) is 6.61 Å². The van der Waals surface area contributed by atoms with Crippen molar-refractivity contribution in [3.05, 3.63) is 27.1 Å². The first-order chi connectivity index (χ1) is 9.10. The zero-order valence-electron chi connectivity index (χ0n) is 11.2. The normalized spacial score (nSPS) is 21.6. The Morgan fingerprint density at radius 3 is 2.53 bits per heavy atom. The van der Waals surface area contributed by atoms with Gasteiger partial charge in [-0.05, 0) is 44.6 Å². The van der Waals surface area contributed by atoms with Crippen molar-refractivity contribution in [3.63, 3.8) is 0 Å². The fourth-order valence-corrected chi connectivity index (χ4v) is 3.82. The van der Waals surface area contributed by atoms with Crippen molar-refractivity contribution in [3.8, 4) is 5.75 Å². The predicted octanol–water partition coefficient (Wildman–Crippen LogP) is 3.70. The third-order valence-electron chi connectivity index (χ3n) is 3.46. The highest BCUT2D eigenvalue weighted by atomic mass is 79.9. The van der Waals surface area contributed by atoms with Gasteiger partial charge in [0.2, 0.25) is 0 Å². The molecule has 3 nitrogen and oxygen atoms in total. The van der Waals surface area contributed by atoms with Gasteiger partial charge in [-0.15, -0.1) is 0 Å². The summed E-state index contributed by atoms with van der Waals surface area (Å²) in [4.78, 5) is 2.36. The Balaban J connectivity index is 2.11. The van der Waals surface area contributed by atoms with E-state index in [0.29, 0.717) is 12.6 Å². The van der Waals surface area contributed by atoms with Crippen molar-refractivity contribution in [1.82, 2.24) is 4.90 Å². The summed E-state index contributed by atoms with van der Waals surface area (Å²) in [6.07, 6.45) is 2.46. The average molecular weight is 393 g/mol. The second kappa shape index (κ2) is 7.07. The van der Waals surface area contributed by atoms with Crippen molar-refractivity contribution in [2.24, 2.45) is 0 Å². The Morgan fingerprint density at radius 1 is 1.32 bits per heavy atom. The Morgan fingerprint density at radius 2 is 2.00 bits per heavy atom. The van der Waals surface area contributed by atoms with Crippen LogP contribution in [0, 0.1) is 0 Å². The van der Waals surface area contributed by atoms with Crippen LogP contribution in [0.1, 0.15) is 12.8 Å². The summed E-state index contributed by atoms with van der Waals surface area (Å²) < 4.78 is 13.5. The Labute approximate surface area is 131 Å². The average Bonchev–Trinajstić information content (AvgIpc) is 2.73. The predicted molar refractivity (Wildman–Crippen MR) is 83.8 cm³/mol. The van der Waals surface area contributed by atoms with Crippen LogP contribution in [-0.2, 0) is 4.74 Å². The van der Waals surface area contributed by atoms with Crippen LogP contribution in [0.25, 0.3) is 0 Å². The highest BCUT2D eigenvalue weighted by Crippen LogP contribution is 2.28. The molecule has 1 aromatic carbocycles. The van der Waals surface area contributed by atoms with Gasteiger partial charge in [-0.1, -0.05) is 31.9 Å². The van der Waals surface area contributed by atoms with E-state index in [1.165, 1.54) is 12.8 Å². The molecule has 2 rings (SSSR count). The lowest BCUT2D eigenvalue weighted by atomic mass is 10.1. The monoisotopic (exact) mass is 391 g/mol. The van der Waals surface area contributed by atoms with Gasteiger partial charge in [0.1, 0.15) is 11.9 Å². The minimum atomic E-state index is 0.0682. The number of likely N-dealkylation sites (tertiary alicyclic amines) is 1. The molecule has 0 spiro atoms. The molecule has 5 heteroatoms. The number of likely N-dealkylation sites (N-methyl/N-ethyl adjacent to an activating group) is 1. The van der Waals surface area contributed by atoms with Crippen LogP contribution in [0.15, 0.2) is 27.1 Å². The van der Waals surface area contributed by atoms with Crippen molar-refractivity contribution in [2.75, 3.05) is 27.3 Å². The smallest absolute Gasteiger partial charge is 0.137 e. The molecule has 0 saturated carbocycles. The molecule has 2 atom stereocenters. The fourth-order valence-electron chi connectivity index (χ4n) is 2.57. The summed E-state index contributed by atoms with van der Waals surface area (Å²) in [6.45, 7) is 1.75. The molecule has 0 amide bonds. The number of hydrogen-bond donors (Lipinski definition) is 0. The minimum Gasteiger partial charge on any atom is -0.486 e.